The third-order valence-corrected chi connectivity index (χ3v) is 7.53. The number of carbonyl (C=O) groups is 1. The number of carbonyl (C=O) groups excluding carboxylic acids is 1. The predicted octanol–water partition coefficient (Wildman–Crippen LogP) is 4.82. The number of nitrogens with zero attached hydrogens (tertiary/aromatic N) is 2. The molecule has 1 amide bonds. The molecule has 0 radical (unpaired) electrons. The molecule has 2 aromatic rings. The predicted molar refractivity (Wildman–Crippen MR) is 151 cm³/mol. The number of ether oxygens (including phenoxy) is 5. The van der Waals surface area contributed by atoms with E-state index in [9.17, 15) is 4.79 Å². The Morgan fingerprint density at radius 2 is 1.92 bits per heavy atom. The summed E-state index contributed by atoms with van der Waals surface area (Å²) >= 11 is 6.11. The van der Waals surface area contributed by atoms with E-state index in [1.54, 1.807) is 20.3 Å². The van der Waals surface area contributed by atoms with Crippen molar-refractivity contribution < 1.29 is 28.5 Å². The van der Waals surface area contributed by atoms with E-state index in [0.29, 0.717) is 68.2 Å². The Hall–Kier alpha value is -2.52. The van der Waals surface area contributed by atoms with Crippen LogP contribution in [0.4, 0.5) is 0 Å². The molecule has 0 aromatic heterocycles. The minimum Gasteiger partial charge on any atom is -0.493 e. The number of amides is 1. The van der Waals surface area contributed by atoms with Gasteiger partial charge in [-0.15, -0.1) is 0 Å². The second-order valence-corrected chi connectivity index (χ2v) is 10.7. The van der Waals surface area contributed by atoms with Crippen LogP contribution >= 0.6 is 11.6 Å². The molecule has 214 valence electrons. The third-order valence-electron chi connectivity index (χ3n) is 7.30. The first-order valence-corrected chi connectivity index (χ1v) is 14.2. The van der Waals surface area contributed by atoms with E-state index in [-0.39, 0.29) is 5.91 Å². The highest BCUT2D eigenvalue weighted by molar-refractivity contribution is 6.30. The van der Waals surface area contributed by atoms with Gasteiger partial charge in [-0.25, -0.2) is 0 Å². The smallest absolute Gasteiger partial charge is 0.222 e. The van der Waals surface area contributed by atoms with Gasteiger partial charge in [-0.3, -0.25) is 9.69 Å². The van der Waals surface area contributed by atoms with Crippen molar-refractivity contribution >= 4 is 17.5 Å². The normalized spacial score (nSPS) is 20.8. The molecule has 0 bridgehead atoms. The molecule has 0 saturated carbocycles. The molecular formula is C30H41ClN2O6. The fourth-order valence-electron chi connectivity index (χ4n) is 5.06. The Kier molecular flexibility index (Phi) is 11.1. The molecule has 9 heteroatoms. The van der Waals surface area contributed by atoms with Crippen molar-refractivity contribution in [3.05, 3.63) is 53.1 Å². The number of benzene rings is 2. The van der Waals surface area contributed by atoms with Gasteiger partial charge in [-0.2, -0.15) is 0 Å². The molecule has 0 spiro atoms. The molecule has 1 unspecified atom stereocenters. The topological polar surface area (TPSA) is 69.7 Å². The molecule has 8 nitrogen and oxygen atoms in total. The van der Waals surface area contributed by atoms with Crippen molar-refractivity contribution in [3.63, 3.8) is 0 Å². The molecular weight excluding hydrogens is 520 g/mol. The molecule has 2 aromatic carbocycles. The van der Waals surface area contributed by atoms with Crippen LogP contribution in [-0.2, 0) is 20.8 Å². The molecule has 0 aliphatic carbocycles. The van der Waals surface area contributed by atoms with Crippen LogP contribution in [0, 0.1) is 0 Å². The maximum absolute atomic E-state index is 12.2. The van der Waals surface area contributed by atoms with Crippen molar-refractivity contribution in [1.82, 2.24) is 9.80 Å². The number of hydrogen-bond donors (Lipinski definition) is 0. The third kappa shape index (κ3) is 8.73. The average Bonchev–Trinajstić information content (AvgIpc) is 3.28. The maximum Gasteiger partial charge on any atom is 0.222 e. The fraction of sp³-hybridized carbons (Fsp3) is 0.567. The highest BCUT2D eigenvalue weighted by Gasteiger charge is 2.36. The van der Waals surface area contributed by atoms with Crippen molar-refractivity contribution in [2.24, 2.45) is 0 Å². The summed E-state index contributed by atoms with van der Waals surface area (Å²) in [5.41, 5.74) is 0.498. The zero-order valence-corrected chi connectivity index (χ0v) is 23.9. The molecule has 4 rings (SSSR count). The number of hydrogen-bond acceptors (Lipinski definition) is 7. The summed E-state index contributed by atoms with van der Waals surface area (Å²) in [6.45, 7) is 5.66. The summed E-state index contributed by atoms with van der Waals surface area (Å²) in [4.78, 5) is 16.5. The van der Waals surface area contributed by atoms with Gasteiger partial charge in [-0.1, -0.05) is 30.2 Å². The molecule has 2 heterocycles. The van der Waals surface area contributed by atoms with E-state index < -0.39 is 5.60 Å². The van der Waals surface area contributed by atoms with E-state index in [4.69, 9.17) is 35.3 Å². The highest BCUT2D eigenvalue weighted by atomic mass is 35.5. The summed E-state index contributed by atoms with van der Waals surface area (Å²) in [6.07, 6.45) is 4.69. The van der Waals surface area contributed by atoms with Crippen molar-refractivity contribution in [2.75, 3.05) is 66.8 Å². The minimum absolute atomic E-state index is 0.266. The number of rotatable bonds is 12. The van der Waals surface area contributed by atoms with Crippen LogP contribution in [0.15, 0.2) is 42.5 Å². The van der Waals surface area contributed by atoms with Crippen LogP contribution in [0.1, 0.15) is 37.7 Å². The molecule has 0 N–H and O–H groups in total. The van der Waals surface area contributed by atoms with E-state index >= 15 is 0 Å². The van der Waals surface area contributed by atoms with E-state index in [0.717, 1.165) is 50.9 Å². The van der Waals surface area contributed by atoms with Gasteiger partial charge in [0, 0.05) is 51.3 Å². The summed E-state index contributed by atoms with van der Waals surface area (Å²) in [7, 11) is 3.36. The molecule has 2 fully saturated rings. The Morgan fingerprint density at radius 3 is 2.74 bits per heavy atom. The van der Waals surface area contributed by atoms with Crippen molar-refractivity contribution in [2.45, 2.75) is 44.2 Å². The number of likely N-dealkylation sites (tertiary alicyclic amines) is 1. The quantitative estimate of drug-likeness (QED) is 0.345. The van der Waals surface area contributed by atoms with Crippen LogP contribution in [0.2, 0.25) is 5.02 Å². The summed E-state index contributed by atoms with van der Waals surface area (Å²) in [6, 6.07) is 13.4. The Morgan fingerprint density at radius 1 is 1.03 bits per heavy atom. The highest BCUT2D eigenvalue weighted by Crippen LogP contribution is 2.30. The minimum atomic E-state index is -0.610. The maximum atomic E-state index is 12.2. The second-order valence-electron chi connectivity index (χ2n) is 10.3. The molecule has 2 aliphatic rings. The Bertz CT molecular complexity index is 1070. The van der Waals surface area contributed by atoms with Gasteiger partial charge in [-0.05, 0) is 55.2 Å². The van der Waals surface area contributed by atoms with Gasteiger partial charge in [0.2, 0.25) is 5.91 Å². The SMILES string of the molecule is COc1cc(CN2CCOCC(COc3cccc(Cl)c3)(OC)C2)ccc1OCCCN1CCCCCC1=O. The molecule has 2 aliphatic heterocycles. The Labute approximate surface area is 237 Å². The second kappa shape index (κ2) is 14.7. The van der Waals surface area contributed by atoms with Crippen LogP contribution in [0.25, 0.3) is 0 Å². The van der Waals surface area contributed by atoms with Gasteiger partial charge < -0.3 is 28.6 Å². The summed E-state index contributed by atoms with van der Waals surface area (Å²) in [5, 5.41) is 0.631. The van der Waals surface area contributed by atoms with Crippen LogP contribution in [0.5, 0.6) is 17.2 Å². The van der Waals surface area contributed by atoms with Gasteiger partial charge >= 0.3 is 0 Å². The van der Waals surface area contributed by atoms with Crippen molar-refractivity contribution in [3.8, 4) is 17.2 Å². The van der Waals surface area contributed by atoms with Crippen LogP contribution in [0.3, 0.4) is 0 Å². The lowest BCUT2D eigenvalue weighted by Gasteiger charge is -2.34. The zero-order chi connectivity index (χ0) is 27.5. The lowest BCUT2D eigenvalue weighted by atomic mass is 10.1. The first kappa shape index (κ1) is 29.5. The van der Waals surface area contributed by atoms with Gasteiger partial charge in [0.25, 0.3) is 0 Å². The van der Waals surface area contributed by atoms with Gasteiger partial charge in [0.15, 0.2) is 11.5 Å². The van der Waals surface area contributed by atoms with Gasteiger partial charge in [0.1, 0.15) is 18.0 Å². The first-order chi connectivity index (χ1) is 19.0. The lowest BCUT2D eigenvalue weighted by molar-refractivity contribution is -0.130. The number of methoxy groups -OCH3 is 2. The lowest BCUT2D eigenvalue weighted by Crippen LogP contribution is -2.50. The molecule has 1 atom stereocenters. The largest absolute Gasteiger partial charge is 0.493 e. The average molecular weight is 561 g/mol. The monoisotopic (exact) mass is 560 g/mol. The van der Waals surface area contributed by atoms with Crippen LogP contribution < -0.4 is 14.2 Å². The number of halogens is 1. The standard InChI is InChI=1S/C30H41ClN2O6/c1-35-28-18-24(11-12-27(28)38-16-7-14-33-13-5-3-4-10-29(33)34)20-32-15-17-37-22-30(21-32,36-2)23-39-26-9-6-8-25(31)19-26/h6,8-9,11-12,18-19H,3-5,7,10,13-17,20-23H2,1-2H3. The first-order valence-electron chi connectivity index (χ1n) is 13.8. The summed E-state index contributed by atoms with van der Waals surface area (Å²) in [5.74, 6) is 2.38. The van der Waals surface area contributed by atoms with Crippen molar-refractivity contribution in [1.29, 1.82) is 0 Å². The zero-order valence-electron chi connectivity index (χ0n) is 23.2. The van der Waals surface area contributed by atoms with E-state index in [1.165, 1.54) is 0 Å². The van der Waals surface area contributed by atoms with E-state index in [1.807, 2.05) is 35.2 Å². The summed E-state index contributed by atoms with van der Waals surface area (Å²) < 4.78 is 29.6. The Balaban J connectivity index is 1.32. The van der Waals surface area contributed by atoms with Gasteiger partial charge in [0.05, 0.1) is 26.9 Å². The fourth-order valence-corrected chi connectivity index (χ4v) is 5.24. The molecule has 2 saturated heterocycles. The van der Waals surface area contributed by atoms with E-state index in [2.05, 4.69) is 11.0 Å². The van der Waals surface area contributed by atoms with Crippen LogP contribution in [-0.4, -0.2) is 88.1 Å². The molecule has 39 heavy (non-hydrogen) atoms.